The molecule has 3 aromatic rings. The summed E-state index contributed by atoms with van der Waals surface area (Å²) in [6.45, 7) is 0. The first-order valence-corrected chi connectivity index (χ1v) is 7.41. The average molecular weight is 361 g/mol. The number of H-pyrrole nitrogens is 2. The molecule has 2 aromatic heterocycles. The molecule has 0 aliphatic heterocycles. The summed E-state index contributed by atoms with van der Waals surface area (Å²) in [6, 6.07) is 9.37. The van der Waals surface area contributed by atoms with E-state index in [9.17, 15) is 9.59 Å². The zero-order valence-corrected chi connectivity index (χ0v) is 13.0. The van der Waals surface area contributed by atoms with E-state index in [0.717, 1.165) is 20.9 Å². The number of nitrogens with one attached hydrogen (secondary N) is 4. The number of aromatic nitrogens is 2. The van der Waals surface area contributed by atoms with E-state index in [1.807, 2.05) is 24.3 Å². The Bertz CT molecular complexity index is 837. The van der Waals surface area contributed by atoms with Crippen molar-refractivity contribution in [3.8, 4) is 0 Å². The van der Waals surface area contributed by atoms with Crippen molar-refractivity contribution in [3.63, 3.8) is 0 Å². The molecule has 1 aromatic carbocycles. The van der Waals surface area contributed by atoms with Gasteiger partial charge in [-0.3, -0.25) is 20.4 Å². The van der Waals surface area contributed by atoms with Gasteiger partial charge in [-0.25, -0.2) is 0 Å². The van der Waals surface area contributed by atoms with Crippen LogP contribution in [0.5, 0.6) is 0 Å². The third kappa shape index (κ3) is 3.04. The Labute approximate surface area is 134 Å². The zero-order valence-electron chi connectivity index (χ0n) is 11.4. The third-order valence-corrected chi connectivity index (χ3v) is 3.69. The van der Waals surface area contributed by atoms with Gasteiger partial charge in [-0.2, -0.15) is 0 Å². The quantitative estimate of drug-likeness (QED) is 0.539. The van der Waals surface area contributed by atoms with E-state index in [2.05, 4.69) is 36.7 Å². The Morgan fingerprint density at radius 2 is 1.91 bits per heavy atom. The number of halogens is 1. The van der Waals surface area contributed by atoms with E-state index in [4.69, 9.17) is 0 Å². The fourth-order valence-corrected chi connectivity index (χ4v) is 2.53. The van der Waals surface area contributed by atoms with E-state index < -0.39 is 5.91 Å². The van der Waals surface area contributed by atoms with Gasteiger partial charge in [-0.15, -0.1) is 0 Å². The molecular formula is C15H13BrN4O2. The van der Waals surface area contributed by atoms with E-state index in [-0.39, 0.29) is 12.3 Å². The fourth-order valence-electron chi connectivity index (χ4n) is 2.19. The fraction of sp³-hybridized carbons (Fsp3) is 0.0667. The number of carbonyl (C=O) groups is 2. The lowest BCUT2D eigenvalue weighted by molar-refractivity contribution is -0.121. The standard InChI is InChI=1S/C15H13BrN4O2/c16-10-6-13(18-8-10)15(22)20-19-14(21)5-9-7-17-12-4-2-1-3-11(9)12/h1-4,6-8,17-18H,5H2,(H,19,21)(H,20,22). The Hall–Kier alpha value is -2.54. The molecule has 0 saturated heterocycles. The van der Waals surface area contributed by atoms with Crippen LogP contribution in [0.15, 0.2) is 47.2 Å². The molecule has 2 heterocycles. The van der Waals surface area contributed by atoms with E-state index in [1.165, 1.54) is 0 Å². The molecule has 0 aliphatic carbocycles. The molecule has 112 valence electrons. The van der Waals surface area contributed by atoms with Crippen LogP contribution in [-0.2, 0) is 11.2 Å². The summed E-state index contributed by atoms with van der Waals surface area (Å²) < 4.78 is 0.766. The van der Waals surface area contributed by atoms with Crippen LogP contribution >= 0.6 is 15.9 Å². The van der Waals surface area contributed by atoms with Gasteiger partial charge in [-0.1, -0.05) is 18.2 Å². The van der Waals surface area contributed by atoms with Gasteiger partial charge in [0, 0.05) is 27.8 Å². The van der Waals surface area contributed by atoms with Crippen molar-refractivity contribution >= 4 is 38.6 Å². The Balaban J connectivity index is 1.60. The monoisotopic (exact) mass is 360 g/mol. The first-order valence-electron chi connectivity index (χ1n) is 6.61. The van der Waals surface area contributed by atoms with Crippen molar-refractivity contribution in [1.29, 1.82) is 0 Å². The topological polar surface area (TPSA) is 89.8 Å². The lowest BCUT2D eigenvalue weighted by atomic mass is 10.1. The average Bonchev–Trinajstić information content (AvgIpc) is 3.12. The summed E-state index contributed by atoms with van der Waals surface area (Å²) in [5, 5.41) is 0.997. The van der Waals surface area contributed by atoms with Gasteiger partial charge in [0.25, 0.3) is 5.91 Å². The molecule has 0 saturated carbocycles. The highest BCUT2D eigenvalue weighted by Gasteiger charge is 2.11. The maximum Gasteiger partial charge on any atom is 0.286 e. The summed E-state index contributed by atoms with van der Waals surface area (Å²) >= 11 is 3.24. The maximum absolute atomic E-state index is 11.9. The molecule has 0 atom stereocenters. The number of benzene rings is 1. The number of hydrogen-bond acceptors (Lipinski definition) is 2. The molecule has 3 rings (SSSR count). The summed E-state index contributed by atoms with van der Waals surface area (Å²) in [4.78, 5) is 29.6. The van der Waals surface area contributed by atoms with Crippen molar-refractivity contribution in [3.05, 3.63) is 58.5 Å². The van der Waals surface area contributed by atoms with Gasteiger partial charge in [-0.05, 0) is 33.6 Å². The second-order valence-corrected chi connectivity index (χ2v) is 5.69. The molecule has 7 heteroatoms. The lowest BCUT2D eigenvalue weighted by Gasteiger charge is -2.06. The van der Waals surface area contributed by atoms with Gasteiger partial charge in [0.15, 0.2) is 0 Å². The van der Waals surface area contributed by atoms with E-state index in [1.54, 1.807) is 18.5 Å². The Morgan fingerprint density at radius 1 is 1.09 bits per heavy atom. The van der Waals surface area contributed by atoms with Crippen molar-refractivity contribution in [2.75, 3.05) is 0 Å². The number of carbonyl (C=O) groups excluding carboxylic acids is 2. The number of aromatic amines is 2. The number of hydrogen-bond donors (Lipinski definition) is 4. The minimum Gasteiger partial charge on any atom is -0.361 e. The predicted molar refractivity (Wildman–Crippen MR) is 86.1 cm³/mol. The van der Waals surface area contributed by atoms with Crippen LogP contribution in [0.2, 0.25) is 0 Å². The molecule has 0 radical (unpaired) electrons. The van der Waals surface area contributed by atoms with Crippen LogP contribution < -0.4 is 10.9 Å². The van der Waals surface area contributed by atoms with Crippen LogP contribution in [0.4, 0.5) is 0 Å². The summed E-state index contributed by atoms with van der Waals surface area (Å²) in [7, 11) is 0. The SMILES string of the molecule is O=C(Cc1c[nH]c2ccccc12)NNC(=O)c1cc(Br)c[nH]1. The second-order valence-electron chi connectivity index (χ2n) is 4.77. The van der Waals surface area contributed by atoms with Crippen LogP contribution in [0.3, 0.4) is 0 Å². The molecule has 0 fully saturated rings. The minimum absolute atomic E-state index is 0.179. The Kier molecular flexibility index (Phi) is 3.97. The van der Waals surface area contributed by atoms with E-state index in [0.29, 0.717) is 5.69 Å². The van der Waals surface area contributed by atoms with E-state index >= 15 is 0 Å². The molecule has 0 unspecified atom stereocenters. The molecule has 0 spiro atoms. The highest BCUT2D eigenvalue weighted by molar-refractivity contribution is 9.10. The first-order chi connectivity index (χ1) is 10.6. The van der Waals surface area contributed by atoms with Gasteiger partial charge >= 0.3 is 0 Å². The third-order valence-electron chi connectivity index (χ3n) is 3.23. The summed E-state index contributed by atoms with van der Waals surface area (Å²) in [5.74, 6) is -0.693. The maximum atomic E-state index is 11.9. The number of para-hydroxylation sites is 1. The smallest absolute Gasteiger partial charge is 0.286 e. The summed E-state index contributed by atoms with van der Waals surface area (Å²) in [5.41, 5.74) is 6.99. The van der Waals surface area contributed by atoms with Crippen molar-refractivity contribution < 1.29 is 9.59 Å². The normalized spacial score (nSPS) is 10.6. The van der Waals surface area contributed by atoms with Crippen LogP contribution in [0, 0.1) is 0 Å². The van der Waals surface area contributed by atoms with Crippen molar-refractivity contribution in [2.24, 2.45) is 0 Å². The van der Waals surface area contributed by atoms with Gasteiger partial charge in [0.05, 0.1) is 6.42 Å². The molecule has 4 N–H and O–H groups in total. The largest absolute Gasteiger partial charge is 0.361 e. The first kappa shape index (κ1) is 14.4. The molecule has 0 aliphatic rings. The summed E-state index contributed by atoms with van der Waals surface area (Å²) in [6.07, 6.45) is 3.62. The number of rotatable bonds is 3. The zero-order chi connectivity index (χ0) is 15.5. The van der Waals surface area contributed by atoms with Gasteiger partial charge in [0.1, 0.15) is 5.69 Å². The predicted octanol–water partition coefficient (Wildman–Crippen LogP) is 2.26. The lowest BCUT2D eigenvalue weighted by Crippen LogP contribution is -2.42. The highest BCUT2D eigenvalue weighted by atomic mass is 79.9. The molecular weight excluding hydrogens is 348 g/mol. The van der Waals surface area contributed by atoms with Crippen molar-refractivity contribution in [2.45, 2.75) is 6.42 Å². The number of fused-ring (bicyclic) bond motifs is 1. The highest BCUT2D eigenvalue weighted by Crippen LogP contribution is 2.17. The number of amides is 2. The molecule has 22 heavy (non-hydrogen) atoms. The Morgan fingerprint density at radius 3 is 2.68 bits per heavy atom. The molecule has 6 nitrogen and oxygen atoms in total. The minimum atomic E-state index is -0.405. The number of hydrazine groups is 1. The second kappa shape index (κ2) is 6.07. The van der Waals surface area contributed by atoms with Crippen LogP contribution in [0.1, 0.15) is 16.1 Å². The van der Waals surface area contributed by atoms with Gasteiger partial charge in [0.2, 0.25) is 5.91 Å². The van der Waals surface area contributed by atoms with Crippen LogP contribution in [0.25, 0.3) is 10.9 Å². The van der Waals surface area contributed by atoms with Crippen molar-refractivity contribution in [1.82, 2.24) is 20.8 Å². The molecule has 2 amide bonds. The van der Waals surface area contributed by atoms with Gasteiger partial charge < -0.3 is 9.97 Å². The molecule has 0 bridgehead atoms. The van der Waals surface area contributed by atoms with Crippen LogP contribution in [-0.4, -0.2) is 21.8 Å².